The second kappa shape index (κ2) is 5.16. The molecule has 0 amide bonds. The molecule has 0 bridgehead atoms. The molecule has 1 nitrogen and oxygen atoms in total. The second-order valence-electron chi connectivity index (χ2n) is 3.58. The van der Waals surface area contributed by atoms with E-state index in [4.69, 9.17) is 0 Å². The van der Waals surface area contributed by atoms with Crippen molar-refractivity contribution < 1.29 is 13.2 Å². The first kappa shape index (κ1) is 12.8. The number of rotatable bonds is 4. The maximum absolute atomic E-state index is 12.8. The molecule has 2 atom stereocenters. The predicted molar refractivity (Wildman–Crippen MR) is 58.0 cm³/mol. The highest BCUT2D eigenvalue weighted by Crippen LogP contribution is 2.32. The highest BCUT2D eigenvalue weighted by molar-refractivity contribution is 5.20. The van der Waals surface area contributed by atoms with E-state index in [9.17, 15) is 13.2 Å². The molecule has 2 unspecified atom stereocenters. The van der Waals surface area contributed by atoms with Crippen LogP contribution in [0, 0.1) is 0 Å². The standard InChI is InChI=1S/C12H14F3N/c1-3-9(2)16-11(12(13,14)15)10-7-5-4-6-8-10/h3-9,11,16H,1H2,2H3. The van der Waals surface area contributed by atoms with E-state index in [2.05, 4.69) is 11.9 Å². The van der Waals surface area contributed by atoms with Crippen LogP contribution in [0.4, 0.5) is 13.2 Å². The topological polar surface area (TPSA) is 12.0 Å². The van der Waals surface area contributed by atoms with Gasteiger partial charge in [-0.15, -0.1) is 6.58 Å². The Morgan fingerprint density at radius 3 is 2.25 bits per heavy atom. The summed E-state index contributed by atoms with van der Waals surface area (Å²) < 4.78 is 38.4. The minimum absolute atomic E-state index is 0.212. The number of nitrogens with one attached hydrogen (secondary N) is 1. The molecule has 0 aliphatic rings. The van der Waals surface area contributed by atoms with Gasteiger partial charge in [-0.25, -0.2) is 0 Å². The predicted octanol–water partition coefficient (Wildman–Crippen LogP) is 3.45. The van der Waals surface area contributed by atoms with Gasteiger partial charge in [-0.05, 0) is 12.5 Å². The van der Waals surface area contributed by atoms with E-state index >= 15 is 0 Å². The van der Waals surface area contributed by atoms with Crippen LogP contribution in [0.15, 0.2) is 43.0 Å². The van der Waals surface area contributed by atoms with Crippen molar-refractivity contribution in [2.75, 3.05) is 0 Å². The zero-order valence-corrected chi connectivity index (χ0v) is 8.96. The van der Waals surface area contributed by atoms with Gasteiger partial charge in [0.25, 0.3) is 0 Å². The summed E-state index contributed by atoms with van der Waals surface area (Å²) in [6.07, 6.45) is -2.86. The average Bonchev–Trinajstić information content (AvgIpc) is 2.25. The van der Waals surface area contributed by atoms with Gasteiger partial charge in [0.2, 0.25) is 0 Å². The Kier molecular flexibility index (Phi) is 4.12. The molecular weight excluding hydrogens is 215 g/mol. The van der Waals surface area contributed by atoms with Crippen LogP contribution in [0.25, 0.3) is 0 Å². The lowest BCUT2D eigenvalue weighted by atomic mass is 10.1. The normalized spacial score (nSPS) is 15.5. The average molecular weight is 229 g/mol. The molecule has 0 saturated heterocycles. The monoisotopic (exact) mass is 229 g/mol. The highest BCUT2D eigenvalue weighted by atomic mass is 19.4. The highest BCUT2D eigenvalue weighted by Gasteiger charge is 2.40. The summed E-state index contributed by atoms with van der Waals surface area (Å²) in [4.78, 5) is 0. The van der Waals surface area contributed by atoms with Crippen LogP contribution in [-0.4, -0.2) is 12.2 Å². The smallest absolute Gasteiger partial charge is 0.296 e. The molecule has 0 heterocycles. The van der Waals surface area contributed by atoms with Gasteiger partial charge in [0.1, 0.15) is 6.04 Å². The number of halogens is 3. The molecule has 0 radical (unpaired) electrons. The van der Waals surface area contributed by atoms with Crippen LogP contribution in [0.5, 0.6) is 0 Å². The van der Waals surface area contributed by atoms with Crippen molar-refractivity contribution in [3.05, 3.63) is 48.6 Å². The molecule has 0 fully saturated rings. The molecule has 0 aliphatic heterocycles. The van der Waals surface area contributed by atoms with Crippen molar-refractivity contribution in [1.29, 1.82) is 0 Å². The quantitative estimate of drug-likeness (QED) is 0.780. The summed E-state index contributed by atoms with van der Waals surface area (Å²) in [5.41, 5.74) is 0.212. The van der Waals surface area contributed by atoms with E-state index in [-0.39, 0.29) is 5.56 Å². The molecule has 1 aromatic carbocycles. The largest absolute Gasteiger partial charge is 0.407 e. The molecule has 88 valence electrons. The van der Waals surface area contributed by atoms with Gasteiger partial charge in [0.05, 0.1) is 0 Å². The molecule has 0 aliphatic carbocycles. The Bertz CT molecular complexity index is 332. The van der Waals surface area contributed by atoms with E-state index in [1.54, 1.807) is 25.1 Å². The summed E-state index contributed by atoms with van der Waals surface area (Å²) in [7, 11) is 0. The fourth-order valence-electron chi connectivity index (χ4n) is 1.36. The lowest BCUT2D eigenvalue weighted by Crippen LogP contribution is -2.38. The summed E-state index contributed by atoms with van der Waals surface area (Å²) in [5.74, 6) is 0. The van der Waals surface area contributed by atoms with Gasteiger partial charge >= 0.3 is 6.18 Å². The zero-order chi connectivity index (χ0) is 12.2. The number of benzene rings is 1. The Labute approximate surface area is 93.0 Å². The first-order chi connectivity index (χ1) is 7.45. The van der Waals surface area contributed by atoms with Gasteiger partial charge in [-0.3, -0.25) is 5.32 Å². The van der Waals surface area contributed by atoms with Crippen molar-refractivity contribution in [2.24, 2.45) is 0 Å². The van der Waals surface area contributed by atoms with Crippen LogP contribution in [0.3, 0.4) is 0 Å². The lowest BCUT2D eigenvalue weighted by molar-refractivity contribution is -0.158. The van der Waals surface area contributed by atoms with Crippen molar-refractivity contribution in [3.63, 3.8) is 0 Å². The molecular formula is C12H14F3N. The zero-order valence-electron chi connectivity index (χ0n) is 8.96. The van der Waals surface area contributed by atoms with E-state index in [0.29, 0.717) is 0 Å². The first-order valence-corrected chi connectivity index (χ1v) is 4.95. The summed E-state index contributed by atoms with van der Waals surface area (Å²) >= 11 is 0. The van der Waals surface area contributed by atoms with E-state index < -0.39 is 18.3 Å². The van der Waals surface area contributed by atoms with Crippen molar-refractivity contribution >= 4 is 0 Å². The molecule has 1 aromatic rings. The second-order valence-corrected chi connectivity index (χ2v) is 3.58. The van der Waals surface area contributed by atoms with Gasteiger partial charge in [0.15, 0.2) is 0 Å². The van der Waals surface area contributed by atoms with Gasteiger partial charge in [-0.2, -0.15) is 13.2 Å². The third-order valence-corrected chi connectivity index (χ3v) is 2.24. The SMILES string of the molecule is C=CC(C)NC(c1ccccc1)C(F)(F)F. The third kappa shape index (κ3) is 3.38. The summed E-state index contributed by atoms with van der Waals surface area (Å²) in [6, 6.07) is 5.74. The van der Waals surface area contributed by atoms with Gasteiger partial charge in [-0.1, -0.05) is 36.4 Å². The maximum atomic E-state index is 12.8. The van der Waals surface area contributed by atoms with Crippen LogP contribution in [0.1, 0.15) is 18.5 Å². The molecule has 0 aromatic heterocycles. The van der Waals surface area contributed by atoms with E-state index in [0.717, 1.165) is 0 Å². The van der Waals surface area contributed by atoms with Crippen molar-refractivity contribution in [3.8, 4) is 0 Å². The minimum atomic E-state index is -4.31. The molecule has 1 N–H and O–H groups in total. The molecule has 0 spiro atoms. The number of hydrogen-bond acceptors (Lipinski definition) is 1. The fraction of sp³-hybridized carbons (Fsp3) is 0.333. The summed E-state index contributed by atoms with van der Waals surface area (Å²) in [6.45, 7) is 5.09. The van der Waals surface area contributed by atoms with Crippen molar-refractivity contribution in [1.82, 2.24) is 5.32 Å². The molecule has 0 saturated carbocycles. The van der Waals surface area contributed by atoms with Crippen LogP contribution in [0.2, 0.25) is 0 Å². The van der Waals surface area contributed by atoms with Crippen LogP contribution >= 0.6 is 0 Å². The Morgan fingerprint density at radius 1 is 1.25 bits per heavy atom. The van der Waals surface area contributed by atoms with Crippen LogP contribution in [-0.2, 0) is 0 Å². The van der Waals surface area contributed by atoms with Gasteiger partial charge < -0.3 is 0 Å². The van der Waals surface area contributed by atoms with Crippen LogP contribution < -0.4 is 5.32 Å². The van der Waals surface area contributed by atoms with E-state index in [1.807, 2.05) is 0 Å². The Hall–Kier alpha value is -1.29. The molecule has 16 heavy (non-hydrogen) atoms. The lowest BCUT2D eigenvalue weighted by Gasteiger charge is -2.24. The Morgan fingerprint density at radius 2 is 1.81 bits per heavy atom. The number of alkyl halides is 3. The minimum Gasteiger partial charge on any atom is -0.296 e. The Balaban J connectivity index is 2.93. The van der Waals surface area contributed by atoms with Gasteiger partial charge in [0, 0.05) is 6.04 Å². The molecule has 4 heteroatoms. The molecule has 1 rings (SSSR count). The first-order valence-electron chi connectivity index (χ1n) is 4.95. The summed E-state index contributed by atoms with van der Waals surface area (Å²) in [5, 5.41) is 2.48. The van der Waals surface area contributed by atoms with Crippen molar-refractivity contribution in [2.45, 2.75) is 25.2 Å². The third-order valence-electron chi connectivity index (χ3n) is 2.24. The number of hydrogen-bond donors (Lipinski definition) is 1. The maximum Gasteiger partial charge on any atom is 0.407 e. The van der Waals surface area contributed by atoms with E-state index in [1.165, 1.54) is 18.2 Å². The fourth-order valence-corrected chi connectivity index (χ4v) is 1.36.